The third kappa shape index (κ3) is 6.17. The molecule has 31 heavy (non-hydrogen) atoms. The molecule has 0 atom stereocenters. The molecule has 0 spiro atoms. The van der Waals surface area contributed by atoms with Crippen LogP contribution in [0.15, 0.2) is 30.3 Å². The first-order valence-corrected chi connectivity index (χ1v) is 9.17. The van der Waals surface area contributed by atoms with Crippen LogP contribution in [0.3, 0.4) is 0 Å². The fourth-order valence-corrected chi connectivity index (χ4v) is 2.63. The molecule has 0 N–H and O–H groups in total. The minimum Gasteiger partial charge on any atom is -0.493 e. The number of alkyl halides is 2. The van der Waals surface area contributed by atoms with Gasteiger partial charge in [0.2, 0.25) is 0 Å². The highest BCUT2D eigenvalue weighted by molar-refractivity contribution is 5.90. The van der Waals surface area contributed by atoms with E-state index in [9.17, 15) is 23.7 Å². The van der Waals surface area contributed by atoms with Crippen molar-refractivity contribution in [3.8, 4) is 23.0 Å². The maximum absolute atomic E-state index is 12.5. The van der Waals surface area contributed by atoms with E-state index in [-0.39, 0.29) is 16.9 Å². The molecule has 9 nitrogen and oxygen atoms in total. The second-order valence-corrected chi connectivity index (χ2v) is 5.87. The van der Waals surface area contributed by atoms with Crippen LogP contribution in [0.2, 0.25) is 0 Å². The summed E-state index contributed by atoms with van der Waals surface area (Å²) in [5.41, 5.74) is -0.488. The summed E-state index contributed by atoms with van der Waals surface area (Å²) in [5.74, 6) is -0.648. The Morgan fingerprint density at radius 3 is 2.29 bits per heavy atom. The number of esters is 1. The van der Waals surface area contributed by atoms with Gasteiger partial charge in [0.1, 0.15) is 6.61 Å². The fraction of sp³-hybridized carbons (Fsp3) is 0.350. The van der Waals surface area contributed by atoms with Crippen LogP contribution >= 0.6 is 0 Å². The van der Waals surface area contributed by atoms with Gasteiger partial charge in [-0.05, 0) is 38.1 Å². The normalized spacial score (nSPS) is 10.5. The number of ether oxygens (including phenoxy) is 5. The number of carbonyl (C=O) groups excluding carboxylic acids is 1. The Morgan fingerprint density at radius 2 is 1.71 bits per heavy atom. The zero-order valence-corrected chi connectivity index (χ0v) is 17.1. The molecule has 0 heterocycles. The summed E-state index contributed by atoms with van der Waals surface area (Å²) in [5, 5.41) is 11.3. The highest BCUT2D eigenvalue weighted by Gasteiger charge is 2.23. The topological polar surface area (TPSA) is 106 Å². The summed E-state index contributed by atoms with van der Waals surface area (Å²) < 4.78 is 50.3. The minimum atomic E-state index is -3.20. The lowest BCUT2D eigenvalue weighted by Gasteiger charge is -2.13. The van der Waals surface area contributed by atoms with Crippen LogP contribution in [0.1, 0.15) is 29.8 Å². The van der Waals surface area contributed by atoms with Gasteiger partial charge in [-0.2, -0.15) is 8.78 Å². The SMILES string of the molecule is CCOc1ccc(C(=O)OCc2cc(OC)c(OC(F)F)cc2[N+](=O)[O-])cc1OCC. The van der Waals surface area contributed by atoms with E-state index in [1.54, 1.807) is 19.9 Å². The minimum absolute atomic E-state index is 0.0622. The first kappa shape index (κ1) is 23.6. The average molecular weight is 441 g/mol. The predicted octanol–water partition coefficient (Wildman–Crippen LogP) is 4.36. The maximum Gasteiger partial charge on any atom is 0.387 e. The Hall–Kier alpha value is -3.63. The zero-order valence-electron chi connectivity index (χ0n) is 17.1. The first-order chi connectivity index (χ1) is 14.8. The van der Waals surface area contributed by atoms with Crippen LogP contribution in [-0.4, -0.2) is 37.8 Å². The monoisotopic (exact) mass is 441 g/mol. The Morgan fingerprint density at radius 1 is 1.03 bits per heavy atom. The van der Waals surface area contributed by atoms with Crippen LogP contribution in [-0.2, 0) is 11.3 Å². The van der Waals surface area contributed by atoms with E-state index in [0.717, 1.165) is 12.1 Å². The quantitative estimate of drug-likeness (QED) is 0.288. The molecule has 2 aromatic rings. The van der Waals surface area contributed by atoms with Gasteiger partial charge in [-0.3, -0.25) is 10.1 Å². The van der Waals surface area contributed by atoms with Crippen molar-refractivity contribution in [2.75, 3.05) is 20.3 Å². The summed E-state index contributed by atoms with van der Waals surface area (Å²) in [7, 11) is 1.18. The standard InChI is InChI=1S/C20H21F2NO8/c1-4-28-15-7-6-12(8-17(15)29-5-2)19(24)30-11-13-9-16(27-3)18(31-20(21)22)10-14(13)23(25)26/h6-10,20H,4-5,11H2,1-3H3. The molecule has 0 aromatic heterocycles. The van der Waals surface area contributed by atoms with Gasteiger partial charge in [-0.25, -0.2) is 4.79 Å². The van der Waals surface area contributed by atoms with E-state index in [0.29, 0.717) is 24.7 Å². The molecule has 0 bridgehead atoms. The van der Waals surface area contributed by atoms with Crippen molar-refractivity contribution >= 4 is 11.7 Å². The van der Waals surface area contributed by atoms with Crippen LogP contribution in [0, 0.1) is 10.1 Å². The van der Waals surface area contributed by atoms with Gasteiger partial charge in [0, 0.05) is 0 Å². The number of hydrogen-bond acceptors (Lipinski definition) is 8. The smallest absolute Gasteiger partial charge is 0.387 e. The summed E-state index contributed by atoms with van der Waals surface area (Å²) in [6.07, 6.45) is 0. The Kier molecular flexibility index (Phi) is 8.35. The van der Waals surface area contributed by atoms with Crippen LogP contribution in [0.5, 0.6) is 23.0 Å². The van der Waals surface area contributed by atoms with E-state index in [4.69, 9.17) is 18.9 Å². The number of hydrogen-bond donors (Lipinski definition) is 0. The molecule has 0 unspecified atom stereocenters. The number of rotatable bonds is 11. The number of nitro groups is 1. The van der Waals surface area contributed by atoms with Crippen molar-refractivity contribution in [2.45, 2.75) is 27.1 Å². The van der Waals surface area contributed by atoms with E-state index < -0.39 is 35.5 Å². The Labute approximate surface area is 176 Å². The Balaban J connectivity index is 2.26. The molecule has 0 aliphatic carbocycles. The zero-order chi connectivity index (χ0) is 23.0. The van der Waals surface area contributed by atoms with E-state index >= 15 is 0 Å². The summed E-state index contributed by atoms with van der Waals surface area (Å²) in [6.45, 7) is 0.623. The second kappa shape index (κ2) is 11.0. The lowest BCUT2D eigenvalue weighted by Crippen LogP contribution is -2.09. The number of nitro benzene ring substituents is 1. The van der Waals surface area contributed by atoms with Crippen molar-refractivity contribution in [3.63, 3.8) is 0 Å². The molecule has 11 heteroatoms. The lowest BCUT2D eigenvalue weighted by atomic mass is 10.1. The van der Waals surface area contributed by atoms with Gasteiger partial charge in [0.05, 0.1) is 42.4 Å². The summed E-state index contributed by atoms with van der Waals surface area (Å²) >= 11 is 0. The van der Waals surface area contributed by atoms with Crippen molar-refractivity contribution in [3.05, 3.63) is 51.6 Å². The molecule has 0 aliphatic heterocycles. The van der Waals surface area contributed by atoms with Crippen LogP contribution in [0.4, 0.5) is 14.5 Å². The van der Waals surface area contributed by atoms with Gasteiger partial charge in [0.15, 0.2) is 23.0 Å². The highest BCUT2D eigenvalue weighted by Crippen LogP contribution is 2.36. The van der Waals surface area contributed by atoms with E-state index in [1.165, 1.54) is 19.2 Å². The molecule has 0 saturated carbocycles. The number of carbonyl (C=O) groups is 1. The largest absolute Gasteiger partial charge is 0.493 e. The molecular formula is C20H21F2NO8. The molecule has 0 amide bonds. The highest BCUT2D eigenvalue weighted by atomic mass is 19.3. The number of nitrogens with zero attached hydrogens (tertiary/aromatic N) is 1. The molecule has 2 aromatic carbocycles. The van der Waals surface area contributed by atoms with E-state index in [1.807, 2.05) is 0 Å². The number of halogens is 2. The van der Waals surface area contributed by atoms with Gasteiger partial charge in [-0.1, -0.05) is 0 Å². The molecule has 168 valence electrons. The van der Waals surface area contributed by atoms with E-state index in [2.05, 4.69) is 4.74 Å². The average Bonchev–Trinajstić information content (AvgIpc) is 2.73. The van der Waals surface area contributed by atoms with Crippen molar-refractivity contribution in [1.29, 1.82) is 0 Å². The maximum atomic E-state index is 12.5. The second-order valence-electron chi connectivity index (χ2n) is 5.87. The van der Waals surface area contributed by atoms with Crippen LogP contribution in [0.25, 0.3) is 0 Å². The predicted molar refractivity (Wildman–Crippen MR) is 104 cm³/mol. The van der Waals surface area contributed by atoms with Gasteiger partial charge < -0.3 is 23.7 Å². The molecule has 0 radical (unpaired) electrons. The molecule has 0 saturated heterocycles. The molecule has 2 rings (SSSR count). The molecular weight excluding hydrogens is 420 g/mol. The third-order valence-electron chi connectivity index (χ3n) is 3.92. The van der Waals surface area contributed by atoms with Crippen LogP contribution < -0.4 is 18.9 Å². The lowest BCUT2D eigenvalue weighted by molar-refractivity contribution is -0.386. The molecule has 0 fully saturated rings. The fourth-order valence-electron chi connectivity index (χ4n) is 2.63. The van der Waals surface area contributed by atoms with Gasteiger partial charge in [0.25, 0.3) is 5.69 Å². The van der Waals surface area contributed by atoms with Gasteiger partial charge >= 0.3 is 12.6 Å². The third-order valence-corrected chi connectivity index (χ3v) is 3.92. The number of benzene rings is 2. The molecule has 0 aliphatic rings. The van der Waals surface area contributed by atoms with Crippen molar-refractivity contribution < 1.29 is 42.2 Å². The van der Waals surface area contributed by atoms with Crippen molar-refractivity contribution in [1.82, 2.24) is 0 Å². The van der Waals surface area contributed by atoms with Crippen molar-refractivity contribution in [2.24, 2.45) is 0 Å². The summed E-state index contributed by atoms with van der Waals surface area (Å²) in [4.78, 5) is 23.0. The first-order valence-electron chi connectivity index (χ1n) is 9.17. The van der Waals surface area contributed by atoms with Gasteiger partial charge in [-0.15, -0.1) is 0 Å². The summed E-state index contributed by atoms with van der Waals surface area (Å²) in [6, 6.07) is 6.34. The Bertz CT molecular complexity index is 936. The number of methoxy groups -OCH3 is 1.